The van der Waals surface area contributed by atoms with Gasteiger partial charge in [-0.25, -0.2) is 0 Å². The summed E-state index contributed by atoms with van der Waals surface area (Å²) < 4.78 is 0. The SMILES string of the molecule is Nc1n[nH]c2c1C(=O)c1ccccc1-2. The lowest BCUT2D eigenvalue weighted by atomic mass is 10.1. The van der Waals surface area contributed by atoms with Crippen molar-refractivity contribution >= 4 is 11.6 Å². The molecule has 4 nitrogen and oxygen atoms in total. The number of nitrogens with zero attached hydrogens (tertiary/aromatic N) is 1. The highest BCUT2D eigenvalue weighted by Crippen LogP contribution is 2.36. The first-order valence-electron chi connectivity index (χ1n) is 4.27. The van der Waals surface area contributed by atoms with Gasteiger partial charge < -0.3 is 5.73 Å². The number of aromatic amines is 1. The molecule has 0 fully saturated rings. The van der Waals surface area contributed by atoms with E-state index in [2.05, 4.69) is 10.2 Å². The maximum absolute atomic E-state index is 11.8. The average molecular weight is 185 g/mol. The number of H-pyrrole nitrogens is 1. The van der Waals surface area contributed by atoms with Crippen LogP contribution in [0.25, 0.3) is 11.3 Å². The van der Waals surface area contributed by atoms with E-state index in [1.165, 1.54) is 0 Å². The van der Waals surface area contributed by atoms with E-state index < -0.39 is 0 Å². The van der Waals surface area contributed by atoms with E-state index >= 15 is 0 Å². The highest BCUT2D eigenvalue weighted by molar-refractivity contribution is 6.23. The molecule has 4 heteroatoms. The van der Waals surface area contributed by atoms with Gasteiger partial charge in [0.15, 0.2) is 11.6 Å². The summed E-state index contributed by atoms with van der Waals surface area (Å²) in [4.78, 5) is 11.8. The second-order valence-electron chi connectivity index (χ2n) is 3.23. The number of nitrogen functional groups attached to an aromatic ring is 1. The van der Waals surface area contributed by atoms with E-state index in [1.807, 2.05) is 18.2 Å². The summed E-state index contributed by atoms with van der Waals surface area (Å²) in [6.45, 7) is 0. The first-order valence-corrected chi connectivity index (χ1v) is 4.27. The first-order chi connectivity index (χ1) is 6.79. The zero-order chi connectivity index (χ0) is 9.71. The zero-order valence-corrected chi connectivity index (χ0v) is 7.24. The third-order valence-corrected chi connectivity index (χ3v) is 2.46. The third kappa shape index (κ3) is 0.682. The van der Waals surface area contributed by atoms with Crippen LogP contribution < -0.4 is 5.73 Å². The molecule has 0 radical (unpaired) electrons. The fourth-order valence-electron chi connectivity index (χ4n) is 1.81. The Labute approximate surface area is 79.7 Å². The Morgan fingerprint density at radius 2 is 1.93 bits per heavy atom. The van der Waals surface area contributed by atoms with E-state index in [0.717, 1.165) is 11.3 Å². The van der Waals surface area contributed by atoms with Crippen LogP contribution in [-0.4, -0.2) is 16.0 Å². The second-order valence-corrected chi connectivity index (χ2v) is 3.23. The van der Waals surface area contributed by atoms with Crippen LogP contribution in [0.1, 0.15) is 15.9 Å². The number of rotatable bonds is 0. The first kappa shape index (κ1) is 7.32. The van der Waals surface area contributed by atoms with Crippen molar-refractivity contribution in [1.29, 1.82) is 0 Å². The van der Waals surface area contributed by atoms with Gasteiger partial charge in [-0.2, -0.15) is 5.10 Å². The molecule has 1 aliphatic rings. The predicted octanol–water partition coefficient (Wildman–Crippen LogP) is 1.20. The molecule has 1 aromatic heterocycles. The third-order valence-electron chi connectivity index (χ3n) is 2.46. The normalized spacial score (nSPS) is 12.7. The van der Waals surface area contributed by atoms with Crippen molar-refractivity contribution in [1.82, 2.24) is 10.2 Å². The lowest BCUT2D eigenvalue weighted by molar-refractivity contribution is 0.104. The van der Waals surface area contributed by atoms with Crippen molar-refractivity contribution in [2.45, 2.75) is 0 Å². The Balaban J connectivity index is 2.42. The van der Waals surface area contributed by atoms with E-state index in [0.29, 0.717) is 11.1 Å². The summed E-state index contributed by atoms with van der Waals surface area (Å²) in [5, 5.41) is 6.60. The van der Waals surface area contributed by atoms with Gasteiger partial charge in [0.1, 0.15) is 0 Å². The molecule has 0 atom stereocenters. The summed E-state index contributed by atoms with van der Waals surface area (Å²) in [5.74, 6) is 0.239. The Hall–Kier alpha value is -2.10. The minimum Gasteiger partial charge on any atom is -0.382 e. The minimum absolute atomic E-state index is 0.0400. The number of nitrogens with two attached hydrogens (primary N) is 1. The summed E-state index contributed by atoms with van der Waals surface area (Å²) in [7, 11) is 0. The van der Waals surface area contributed by atoms with Crippen molar-refractivity contribution < 1.29 is 4.79 Å². The van der Waals surface area contributed by atoms with Gasteiger partial charge in [-0.15, -0.1) is 0 Å². The Morgan fingerprint density at radius 3 is 2.71 bits per heavy atom. The second kappa shape index (κ2) is 2.23. The summed E-state index contributed by atoms with van der Waals surface area (Å²) >= 11 is 0. The molecule has 1 aliphatic carbocycles. The molecule has 0 unspecified atom stereocenters. The van der Waals surface area contributed by atoms with Gasteiger partial charge in [0.25, 0.3) is 0 Å². The molecule has 68 valence electrons. The van der Waals surface area contributed by atoms with Gasteiger partial charge in [0, 0.05) is 11.1 Å². The fraction of sp³-hybridized carbons (Fsp3) is 0. The number of fused-ring (bicyclic) bond motifs is 3. The summed E-state index contributed by atoms with van der Waals surface area (Å²) in [6.07, 6.45) is 0. The monoisotopic (exact) mass is 185 g/mol. The molecule has 0 bridgehead atoms. The molecule has 0 aliphatic heterocycles. The van der Waals surface area contributed by atoms with E-state index in [9.17, 15) is 4.79 Å². The number of hydrogen-bond donors (Lipinski definition) is 2. The molecule has 0 saturated heterocycles. The van der Waals surface area contributed by atoms with Crippen molar-refractivity contribution in [3.63, 3.8) is 0 Å². The van der Waals surface area contributed by atoms with Crippen LogP contribution in [0.5, 0.6) is 0 Å². The topological polar surface area (TPSA) is 71.8 Å². The van der Waals surface area contributed by atoms with Crippen LogP contribution in [0.2, 0.25) is 0 Å². The molecule has 3 N–H and O–H groups in total. The lowest BCUT2D eigenvalue weighted by Gasteiger charge is -1.94. The molecule has 14 heavy (non-hydrogen) atoms. The fourth-order valence-corrected chi connectivity index (χ4v) is 1.81. The largest absolute Gasteiger partial charge is 0.382 e. The predicted molar refractivity (Wildman–Crippen MR) is 51.9 cm³/mol. The molecule has 1 aromatic carbocycles. The molecule has 0 saturated carbocycles. The Bertz CT molecular complexity index is 542. The van der Waals surface area contributed by atoms with Crippen molar-refractivity contribution in [3.8, 4) is 11.3 Å². The van der Waals surface area contributed by atoms with E-state index in [4.69, 9.17) is 5.73 Å². The van der Waals surface area contributed by atoms with Crippen LogP contribution in [0.3, 0.4) is 0 Å². The molecule has 3 rings (SSSR count). The summed E-state index contributed by atoms with van der Waals surface area (Å²) in [6, 6.07) is 7.41. The minimum atomic E-state index is -0.0400. The molecule has 0 amide bonds. The van der Waals surface area contributed by atoms with Crippen LogP contribution in [0, 0.1) is 0 Å². The Morgan fingerprint density at radius 1 is 1.21 bits per heavy atom. The summed E-state index contributed by atoms with van der Waals surface area (Å²) in [5.41, 5.74) is 8.43. The van der Waals surface area contributed by atoms with Gasteiger partial charge in [-0.05, 0) is 0 Å². The average Bonchev–Trinajstić information content (AvgIpc) is 2.70. The van der Waals surface area contributed by atoms with Crippen LogP contribution >= 0.6 is 0 Å². The van der Waals surface area contributed by atoms with Gasteiger partial charge >= 0.3 is 0 Å². The van der Waals surface area contributed by atoms with Crippen LogP contribution in [0.15, 0.2) is 24.3 Å². The number of anilines is 1. The number of ketones is 1. The number of aromatic nitrogens is 2. The number of carbonyl (C=O) groups is 1. The van der Waals surface area contributed by atoms with Crippen molar-refractivity contribution in [2.24, 2.45) is 0 Å². The molecule has 1 heterocycles. The Kier molecular flexibility index (Phi) is 1.16. The number of benzene rings is 1. The van der Waals surface area contributed by atoms with Crippen LogP contribution in [-0.2, 0) is 0 Å². The number of carbonyl (C=O) groups excluding carboxylic acids is 1. The van der Waals surface area contributed by atoms with Gasteiger partial charge in [-0.3, -0.25) is 9.89 Å². The molecule has 0 spiro atoms. The number of hydrogen-bond acceptors (Lipinski definition) is 3. The van der Waals surface area contributed by atoms with Gasteiger partial charge in [0.05, 0.1) is 11.3 Å². The molecular weight excluding hydrogens is 178 g/mol. The lowest BCUT2D eigenvalue weighted by Crippen LogP contribution is -1.99. The van der Waals surface area contributed by atoms with Gasteiger partial charge in [0.2, 0.25) is 0 Å². The molecule has 2 aromatic rings. The quantitative estimate of drug-likeness (QED) is 0.552. The standard InChI is InChI=1S/C10H7N3O/c11-10-7-8(12-13-10)5-3-1-2-4-6(5)9(7)14/h1-4H,(H3,11,12,13). The zero-order valence-electron chi connectivity index (χ0n) is 7.24. The van der Waals surface area contributed by atoms with Gasteiger partial charge in [-0.1, -0.05) is 24.3 Å². The number of nitrogens with one attached hydrogen (secondary N) is 1. The molecular formula is C10H7N3O. The van der Waals surface area contributed by atoms with Crippen LogP contribution in [0.4, 0.5) is 5.82 Å². The highest BCUT2D eigenvalue weighted by atomic mass is 16.1. The maximum Gasteiger partial charge on any atom is 0.199 e. The maximum atomic E-state index is 11.8. The van der Waals surface area contributed by atoms with Crippen molar-refractivity contribution in [2.75, 3.05) is 5.73 Å². The smallest absolute Gasteiger partial charge is 0.199 e. The van der Waals surface area contributed by atoms with Crippen molar-refractivity contribution in [3.05, 3.63) is 35.4 Å². The highest BCUT2D eigenvalue weighted by Gasteiger charge is 2.30. The van der Waals surface area contributed by atoms with E-state index in [1.54, 1.807) is 6.07 Å². The van der Waals surface area contributed by atoms with E-state index in [-0.39, 0.29) is 11.6 Å².